The van der Waals surface area contributed by atoms with Gasteiger partial charge in [-0.25, -0.2) is 0 Å². The van der Waals surface area contributed by atoms with Crippen LogP contribution in [-0.2, 0) is 18.8 Å². The number of hydrogen-bond acceptors (Lipinski definition) is 2. The van der Waals surface area contributed by atoms with E-state index in [1.54, 1.807) is 24.3 Å². The number of carbonyl (C=O) groups is 1. The number of aromatic nitrogens is 1. The van der Waals surface area contributed by atoms with Gasteiger partial charge in [-0.2, -0.15) is 26.3 Å². The molecular weight excluding hydrogens is 400 g/mol. The fourth-order valence-electron chi connectivity index (χ4n) is 3.33. The highest BCUT2D eigenvalue weighted by Gasteiger charge is 2.37. The minimum absolute atomic E-state index is 0.0193. The van der Waals surface area contributed by atoms with Gasteiger partial charge in [-0.05, 0) is 43.2 Å². The van der Waals surface area contributed by atoms with Gasteiger partial charge in [0, 0.05) is 23.3 Å². The maximum absolute atomic E-state index is 13.1. The predicted octanol–water partition coefficient (Wildman–Crippen LogP) is 5.21. The van der Waals surface area contributed by atoms with Crippen LogP contribution < -0.4 is 0 Å². The van der Waals surface area contributed by atoms with Crippen molar-refractivity contribution >= 4 is 16.8 Å². The Bertz CT molecular complexity index is 1050. The van der Waals surface area contributed by atoms with E-state index in [1.807, 2.05) is 0 Å². The normalized spacial score (nSPS) is 12.6. The standard InChI is InChI=1S/C20H15F6NO2/c1-11-15(6-7-28)16-4-2-3-5-17(16)27(11)18(29)12-8-13(19(21,22)23)10-14(9-12)20(24,25)26/h2-5,8-10,28H,6-7H2,1H3. The number of nitrogens with zero attached hydrogens (tertiary/aromatic N) is 1. The summed E-state index contributed by atoms with van der Waals surface area (Å²) in [5.74, 6) is -1.01. The zero-order chi connectivity index (χ0) is 21.6. The second-order valence-electron chi connectivity index (χ2n) is 6.49. The predicted molar refractivity (Wildman–Crippen MR) is 93.6 cm³/mol. The van der Waals surface area contributed by atoms with E-state index in [4.69, 9.17) is 0 Å². The van der Waals surface area contributed by atoms with Crippen molar-refractivity contribution < 1.29 is 36.2 Å². The van der Waals surface area contributed by atoms with Gasteiger partial charge in [0.15, 0.2) is 0 Å². The van der Waals surface area contributed by atoms with Gasteiger partial charge in [-0.1, -0.05) is 18.2 Å². The number of aliphatic hydroxyl groups excluding tert-OH is 1. The summed E-state index contributed by atoms with van der Waals surface area (Å²) in [5, 5.41) is 9.87. The number of halogens is 6. The number of alkyl halides is 6. The summed E-state index contributed by atoms with van der Waals surface area (Å²) >= 11 is 0. The molecule has 3 aromatic rings. The summed E-state index contributed by atoms with van der Waals surface area (Å²) in [4.78, 5) is 13.0. The Morgan fingerprint density at radius 3 is 2.03 bits per heavy atom. The maximum atomic E-state index is 13.1. The Hall–Kier alpha value is -2.81. The highest BCUT2D eigenvalue weighted by molar-refractivity contribution is 6.04. The third kappa shape index (κ3) is 3.87. The molecule has 3 rings (SSSR count). The molecule has 154 valence electrons. The van der Waals surface area contributed by atoms with Gasteiger partial charge < -0.3 is 5.11 Å². The monoisotopic (exact) mass is 415 g/mol. The Labute approximate surface area is 161 Å². The Morgan fingerprint density at radius 2 is 1.52 bits per heavy atom. The van der Waals surface area contributed by atoms with E-state index in [9.17, 15) is 36.2 Å². The second-order valence-corrected chi connectivity index (χ2v) is 6.49. The van der Waals surface area contributed by atoms with Gasteiger partial charge in [0.05, 0.1) is 16.6 Å². The molecule has 0 aliphatic heterocycles. The number of carbonyl (C=O) groups excluding carboxylic acids is 1. The van der Waals surface area contributed by atoms with Crippen LogP contribution in [-0.4, -0.2) is 22.2 Å². The first-order chi connectivity index (χ1) is 13.4. The molecule has 0 fully saturated rings. The second kappa shape index (κ2) is 7.22. The van der Waals surface area contributed by atoms with Gasteiger partial charge in [-0.15, -0.1) is 0 Å². The van der Waals surface area contributed by atoms with Gasteiger partial charge in [0.1, 0.15) is 0 Å². The van der Waals surface area contributed by atoms with E-state index in [1.165, 1.54) is 6.92 Å². The molecule has 3 nitrogen and oxygen atoms in total. The average molecular weight is 415 g/mol. The molecule has 0 unspecified atom stereocenters. The number of para-hydroxylation sites is 1. The third-order valence-electron chi connectivity index (χ3n) is 4.64. The molecule has 9 heteroatoms. The molecular formula is C20H15F6NO2. The largest absolute Gasteiger partial charge is 0.416 e. The summed E-state index contributed by atoms with van der Waals surface area (Å²) in [7, 11) is 0. The molecule has 1 aromatic heterocycles. The van der Waals surface area contributed by atoms with Crippen molar-refractivity contribution in [2.75, 3.05) is 6.61 Å². The number of aliphatic hydroxyl groups is 1. The van der Waals surface area contributed by atoms with E-state index >= 15 is 0 Å². The lowest BCUT2D eigenvalue weighted by molar-refractivity contribution is -0.143. The number of hydrogen-bond donors (Lipinski definition) is 1. The Balaban J connectivity index is 2.25. The van der Waals surface area contributed by atoms with Crippen LogP contribution in [0.2, 0.25) is 0 Å². The lowest BCUT2D eigenvalue weighted by Gasteiger charge is -2.15. The smallest absolute Gasteiger partial charge is 0.396 e. The van der Waals surface area contributed by atoms with Crippen LogP contribution in [0.5, 0.6) is 0 Å². The van der Waals surface area contributed by atoms with E-state index in [2.05, 4.69) is 0 Å². The Morgan fingerprint density at radius 1 is 0.966 bits per heavy atom. The molecule has 0 bridgehead atoms. The summed E-state index contributed by atoms with van der Waals surface area (Å²) in [5.41, 5.74) is -2.56. The first-order valence-electron chi connectivity index (χ1n) is 8.49. The van der Waals surface area contributed by atoms with Crippen LogP contribution in [0.15, 0.2) is 42.5 Å². The van der Waals surface area contributed by atoms with E-state index in [0.717, 1.165) is 4.57 Å². The summed E-state index contributed by atoms with van der Waals surface area (Å²) in [6.45, 7) is 1.30. The van der Waals surface area contributed by atoms with Gasteiger partial charge in [-0.3, -0.25) is 9.36 Å². The lowest BCUT2D eigenvalue weighted by Crippen LogP contribution is -2.18. The molecule has 0 amide bonds. The highest BCUT2D eigenvalue weighted by atomic mass is 19.4. The van der Waals surface area contributed by atoms with E-state index < -0.39 is 35.0 Å². The van der Waals surface area contributed by atoms with E-state index in [0.29, 0.717) is 34.3 Å². The van der Waals surface area contributed by atoms with Gasteiger partial charge in [0.25, 0.3) is 5.91 Å². The molecule has 1 N–H and O–H groups in total. The molecule has 0 spiro atoms. The van der Waals surface area contributed by atoms with Gasteiger partial charge in [0.2, 0.25) is 0 Å². The molecule has 0 radical (unpaired) electrons. The number of benzene rings is 2. The SMILES string of the molecule is Cc1c(CCO)c2ccccc2n1C(=O)c1cc(C(F)(F)F)cc(C(F)(F)F)c1. The van der Waals surface area contributed by atoms with Crippen molar-refractivity contribution in [3.8, 4) is 0 Å². The summed E-state index contributed by atoms with van der Waals surface area (Å²) in [6, 6.07) is 7.30. The number of rotatable bonds is 3. The van der Waals surface area contributed by atoms with Crippen LogP contribution in [0.4, 0.5) is 26.3 Å². The zero-order valence-electron chi connectivity index (χ0n) is 15.0. The van der Waals surface area contributed by atoms with Crippen LogP contribution in [0.25, 0.3) is 10.9 Å². The van der Waals surface area contributed by atoms with Crippen LogP contribution >= 0.6 is 0 Å². The van der Waals surface area contributed by atoms with E-state index in [-0.39, 0.29) is 19.1 Å². The quantitative estimate of drug-likeness (QED) is 0.597. The average Bonchev–Trinajstić information content (AvgIpc) is 2.92. The van der Waals surface area contributed by atoms with Crippen molar-refractivity contribution in [1.29, 1.82) is 0 Å². The minimum Gasteiger partial charge on any atom is -0.396 e. The van der Waals surface area contributed by atoms with Crippen LogP contribution in [0.1, 0.15) is 32.7 Å². The molecule has 0 aliphatic rings. The first kappa shape index (κ1) is 20.9. The van der Waals surface area contributed by atoms with Gasteiger partial charge >= 0.3 is 12.4 Å². The third-order valence-corrected chi connectivity index (χ3v) is 4.64. The molecule has 0 saturated carbocycles. The highest BCUT2D eigenvalue weighted by Crippen LogP contribution is 2.37. The number of fused-ring (bicyclic) bond motifs is 1. The first-order valence-corrected chi connectivity index (χ1v) is 8.49. The minimum atomic E-state index is -5.05. The van der Waals surface area contributed by atoms with Crippen molar-refractivity contribution in [3.63, 3.8) is 0 Å². The van der Waals surface area contributed by atoms with Crippen LogP contribution in [0.3, 0.4) is 0 Å². The molecule has 0 atom stereocenters. The summed E-state index contributed by atoms with van der Waals surface area (Å²) in [6.07, 6.45) is -9.92. The fraction of sp³-hybridized carbons (Fsp3) is 0.250. The maximum Gasteiger partial charge on any atom is 0.416 e. The molecule has 2 aromatic carbocycles. The topological polar surface area (TPSA) is 42.2 Å². The van der Waals surface area contributed by atoms with Crippen molar-refractivity contribution in [1.82, 2.24) is 4.57 Å². The molecule has 29 heavy (non-hydrogen) atoms. The molecule has 0 saturated heterocycles. The Kier molecular flexibility index (Phi) is 5.20. The molecule has 1 heterocycles. The lowest BCUT2D eigenvalue weighted by atomic mass is 10.0. The van der Waals surface area contributed by atoms with Crippen molar-refractivity contribution in [2.45, 2.75) is 25.7 Å². The van der Waals surface area contributed by atoms with Crippen LogP contribution in [0, 0.1) is 6.92 Å². The van der Waals surface area contributed by atoms with Crippen molar-refractivity contribution in [3.05, 3.63) is 70.4 Å². The van der Waals surface area contributed by atoms with Crippen molar-refractivity contribution in [2.24, 2.45) is 0 Å². The molecule has 0 aliphatic carbocycles. The summed E-state index contributed by atoms with van der Waals surface area (Å²) < 4.78 is 79.8. The fourth-order valence-corrected chi connectivity index (χ4v) is 3.33. The zero-order valence-corrected chi connectivity index (χ0v) is 15.0.